The predicted molar refractivity (Wildman–Crippen MR) is 56.8 cm³/mol. The third kappa shape index (κ3) is 1.91. The lowest BCUT2D eigenvalue weighted by atomic mass is 10.2. The van der Waals surface area contributed by atoms with Crippen molar-refractivity contribution in [3.63, 3.8) is 0 Å². The molecular formula is C10H10BF2N2+. The minimum atomic E-state index is -2.49. The fourth-order valence-corrected chi connectivity index (χ4v) is 1.48. The zero-order valence-corrected chi connectivity index (χ0v) is 8.27. The fraction of sp³-hybridized carbons (Fsp3) is 0.100. The number of allylic oxidation sites excluding steroid dienone is 2. The lowest BCUT2D eigenvalue weighted by molar-refractivity contribution is -0.335. The van der Waals surface area contributed by atoms with Gasteiger partial charge in [-0.3, -0.25) is 0 Å². The molecule has 15 heavy (non-hydrogen) atoms. The highest BCUT2D eigenvalue weighted by atomic mass is 19.2. The van der Waals surface area contributed by atoms with Crippen LogP contribution in [0, 0.1) is 0 Å². The fourth-order valence-electron chi connectivity index (χ4n) is 1.48. The van der Waals surface area contributed by atoms with Crippen LogP contribution in [0.15, 0.2) is 36.2 Å². The molecule has 1 aromatic heterocycles. The highest BCUT2D eigenvalue weighted by molar-refractivity contribution is 6.34. The van der Waals surface area contributed by atoms with E-state index in [1.54, 1.807) is 18.2 Å². The summed E-state index contributed by atoms with van der Waals surface area (Å²) < 4.78 is 27.9. The average molecular weight is 207 g/mol. The van der Waals surface area contributed by atoms with Gasteiger partial charge < -0.3 is 4.57 Å². The van der Waals surface area contributed by atoms with Crippen molar-refractivity contribution in [2.45, 2.75) is 0 Å². The molecule has 1 aromatic rings. The van der Waals surface area contributed by atoms with Crippen molar-refractivity contribution in [1.82, 2.24) is 4.57 Å². The molecule has 2 rings (SSSR count). The molecule has 0 unspecified atom stereocenters. The lowest BCUT2D eigenvalue weighted by Crippen LogP contribution is -2.19. The van der Waals surface area contributed by atoms with E-state index in [1.165, 1.54) is 6.21 Å². The third-order valence-electron chi connectivity index (χ3n) is 2.30. The standard InChI is InChI=1S/C10H10BF2N2/c1-14-6-2-4-9(14)8-10-5-3-7-15(10)11(12)13/h2-8H,1H3/q+1. The van der Waals surface area contributed by atoms with Crippen molar-refractivity contribution in [1.29, 1.82) is 0 Å². The number of rotatable bonds is 2. The number of halogens is 2. The van der Waals surface area contributed by atoms with Crippen molar-refractivity contribution in [2.24, 2.45) is 7.05 Å². The summed E-state index contributed by atoms with van der Waals surface area (Å²) in [5.74, 6) is 0. The highest BCUT2D eigenvalue weighted by Crippen LogP contribution is 2.14. The van der Waals surface area contributed by atoms with E-state index >= 15 is 0 Å². The maximum atomic E-state index is 12.5. The van der Waals surface area contributed by atoms with E-state index in [1.807, 2.05) is 29.9 Å². The third-order valence-corrected chi connectivity index (χ3v) is 2.30. The Kier molecular flexibility index (Phi) is 2.54. The van der Waals surface area contributed by atoms with Gasteiger partial charge in [0.05, 0.1) is 0 Å². The topological polar surface area (TPSA) is 7.94 Å². The van der Waals surface area contributed by atoms with Crippen molar-refractivity contribution >= 4 is 19.7 Å². The van der Waals surface area contributed by atoms with Crippen LogP contribution in [0.4, 0.5) is 8.63 Å². The molecule has 1 aliphatic heterocycles. The first-order valence-corrected chi connectivity index (χ1v) is 4.59. The van der Waals surface area contributed by atoms with Crippen LogP contribution < -0.4 is 0 Å². The SMILES string of the molecule is Cn1cccc1/C=C1/C=CC=[N+]1B(F)F. The molecule has 0 spiro atoms. The van der Waals surface area contributed by atoms with E-state index in [9.17, 15) is 8.63 Å². The summed E-state index contributed by atoms with van der Waals surface area (Å²) in [5.41, 5.74) is 1.41. The highest BCUT2D eigenvalue weighted by Gasteiger charge is 2.37. The minimum absolute atomic E-state index is 0.506. The summed E-state index contributed by atoms with van der Waals surface area (Å²) >= 11 is 0. The summed E-state index contributed by atoms with van der Waals surface area (Å²) in [6.45, 7) is 0. The molecule has 0 atom stereocenters. The quantitative estimate of drug-likeness (QED) is 0.654. The zero-order valence-electron chi connectivity index (χ0n) is 8.27. The molecule has 0 N–H and O–H groups in total. The maximum absolute atomic E-state index is 12.5. The van der Waals surface area contributed by atoms with Gasteiger partial charge in [0, 0.05) is 37.2 Å². The largest absolute Gasteiger partial charge is 0.934 e. The van der Waals surface area contributed by atoms with E-state index in [0.29, 0.717) is 5.70 Å². The molecular weight excluding hydrogens is 197 g/mol. The van der Waals surface area contributed by atoms with Gasteiger partial charge in [-0.25, -0.2) is 13.1 Å². The van der Waals surface area contributed by atoms with Crippen LogP contribution in [0.1, 0.15) is 5.69 Å². The molecule has 0 aromatic carbocycles. The number of hydrogen-bond donors (Lipinski definition) is 0. The monoisotopic (exact) mass is 207 g/mol. The Labute approximate surface area is 87.0 Å². The van der Waals surface area contributed by atoms with Gasteiger partial charge in [-0.1, -0.05) is 0 Å². The Morgan fingerprint density at radius 1 is 1.47 bits per heavy atom. The van der Waals surface area contributed by atoms with Gasteiger partial charge in [-0.15, -0.1) is 0 Å². The Balaban J connectivity index is 2.33. The van der Waals surface area contributed by atoms with Crippen LogP contribution >= 0.6 is 0 Å². The molecule has 0 amide bonds. The summed E-state index contributed by atoms with van der Waals surface area (Å²) in [4.78, 5) is 0. The van der Waals surface area contributed by atoms with Gasteiger partial charge >= 0.3 is 7.40 Å². The minimum Gasteiger partial charge on any atom is -0.351 e. The Hall–Kier alpha value is -1.65. The van der Waals surface area contributed by atoms with Crippen molar-refractivity contribution < 1.29 is 13.1 Å². The molecule has 0 aliphatic carbocycles. The van der Waals surface area contributed by atoms with Gasteiger partial charge in [0.1, 0.15) is 6.21 Å². The summed E-state index contributed by atoms with van der Waals surface area (Å²) in [7, 11) is -0.617. The van der Waals surface area contributed by atoms with E-state index in [4.69, 9.17) is 0 Å². The predicted octanol–water partition coefficient (Wildman–Crippen LogP) is 1.94. The van der Waals surface area contributed by atoms with Crippen LogP contribution in [0.5, 0.6) is 0 Å². The van der Waals surface area contributed by atoms with E-state index < -0.39 is 7.40 Å². The number of hydrogen-bond acceptors (Lipinski definition) is 0. The van der Waals surface area contributed by atoms with Gasteiger partial charge in [0.2, 0.25) is 0 Å². The molecule has 1 aliphatic rings. The first-order valence-electron chi connectivity index (χ1n) is 4.59. The molecule has 0 bridgehead atoms. The normalized spacial score (nSPS) is 17.3. The molecule has 5 heteroatoms. The molecule has 2 heterocycles. The van der Waals surface area contributed by atoms with Gasteiger partial charge in [0.15, 0.2) is 5.70 Å². The average Bonchev–Trinajstić information content (AvgIpc) is 2.77. The Morgan fingerprint density at radius 2 is 2.27 bits per heavy atom. The van der Waals surface area contributed by atoms with Crippen LogP contribution in [-0.2, 0) is 7.05 Å². The smallest absolute Gasteiger partial charge is 0.351 e. The first-order chi connectivity index (χ1) is 7.18. The molecule has 0 saturated heterocycles. The van der Waals surface area contributed by atoms with Crippen molar-refractivity contribution in [3.05, 3.63) is 41.9 Å². The molecule has 2 nitrogen and oxygen atoms in total. The molecule has 0 radical (unpaired) electrons. The summed E-state index contributed by atoms with van der Waals surface area (Å²) in [6, 6.07) is 3.75. The maximum Gasteiger partial charge on any atom is 0.934 e. The second kappa shape index (κ2) is 3.84. The Morgan fingerprint density at radius 3 is 2.87 bits per heavy atom. The van der Waals surface area contributed by atoms with E-state index in [-0.39, 0.29) is 0 Å². The van der Waals surface area contributed by atoms with Crippen LogP contribution in [0.3, 0.4) is 0 Å². The van der Waals surface area contributed by atoms with E-state index in [2.05, 4.69) is 0 Å². The second-order valence-corrected chi connectivity index (χ2v) is 3.31. The van der Waals surface area contributed by atoms with Gasteiger partial charge in [-0.2, -0.15) is 0 Å². The zero-order chi connectivity index (χ0) is 10.8. The Bertz CT molecular complexity index is 458. The number of aryl methyl sites for hydroxylation is 1. The first kappa shape index (κ1) is 9.89. The van der Waals surface area contributed by atoms with Crippen LogP contribution in [-0.4, -0.2) is 22.7 Å². The van der Waals surface area contributed by atoms with Gasteiger partial charge in [0.25, 0.3) is 0 Å². The van der Waals surface area contributed by atoms with Gasteiger partial charge in [-0.05, 0) is 12.1 Å². The summed E-state index contributed by atoms with van der Waals surface area (Å²) in [6.07, 6.45) is 8.26. The van der Waals surface area contributed by atoms with Crippen molar-refractivity contribution in [2.75, 3.05) is 0 Å². The molecule has 0 fully saturated rings. The second-order valence-electron chi connectivity index (χ2n) is 3.31. The van der Waals surface area contributed by atoms with Crippen LogP contribution in [0.2, 0.25) is 0 Å². The molecule has 76 valence electrons. The number of nitrogens with zero attached hydrogens (tertiary/aromatic N) is 2. The van der Waals surface area contributed by atoms with Crippen molar-refractivity contribution in [3.8, 4) is 0 Å². The summed E-state index contributed by atoms with van der Waals surface area (Å²) in [5, 5.41) is 0. The molecule has 0 saturated carbocycles. The lowest BCUT2D eigenvalue weighted by Gasteiger charge is -1.98. The van der Waals surface area contributed by atoms with Crippen LogP contribution in [0.25, 0.3) is 6.08 Å². The van der Waals surface area contributed by atoms with E-state index in [0.717, 1.165) is 10.2 Å². The number of aromatic nitrogens is 1.